The van der Waals surface area contributed by atoms with Crippen LogP contribution in [0.3, 0.4) is 0 Å². The maximum absolute atomic E-state index is 11.8. The summed E-state index contributed by atoms with van der Waals surface area (Å²) in [7, 11) is 3.41. The molecule has 0 radical (unpaired) electrons. The van der Waals surface area contributed by atoms with E-state index < -0.39 is 51.6 Å². The summed E-state index contributed by atoms with van der Waals surface area (Å²) in [5, 5.41) is 0. The zero-order chi connectivity index (χ0) is 23.2. The minimum Gasteiger partial charge on any atom is -0.378 e. The second kappa shape index (κ2) is 23.1. The highest BCUT2D eigenvalue weighted by atomic mass is 19.3. The van der Waals surface area contributed by atoms with E-state index in [9.17, 15) is 52.7 Å². The summed E-state index contributed by atoms with van der Waals surface area (Å²) in [5.74, 6) is -8.27. The molecule has 0 fully saturated rings. The van der Waals surface area contributed by atoms with Gasteiger partial charge in [0.1, 0.15) is 6.61 Å². The molecule has 0 aliphatic rings. The molecule has 0 N–H and O–H groups in total. The maximum Gasteiger partial charge on any atom is 0.424 e. The summed E-state index contributed by atoms with van der Waals surface area (Å²) in [4.78, 5) is 0. The van der Waals surface area contributed by atoms with Crippen LogP contribution < -0.4 is 0 Å². The SMILES string of the molecule is CF.CF.COCC(F)(F)CF.COCF.FCOC(F)(F)C(F)(F)CF. The fourth-order valence-electron chi connectivity index (χ4n) is 0.502. The minimum absolute atomic E-state index is 0.500. The predicted molar refractivity (Wildman–Crippen MR) is 72.8 cm³/mol. The molecular weight excluding hydrogens is 420 g/mol. The first-order valence-electron chi connectivity index (χ1n) is 6.16. The van der Waals surface area contributed by atoms with E-state index in [2.05, 4.69) is 14.2 Å². The molecular formula is C12H22F12O3. The largest absolute Gasteiger partial charge is 0.424 e. The van der Waals surface area contributed by atoms with Crippen molar-refractivity contribution in [2.75, 3.05) is 62.3 Å². The van der Waals surface area contributed by atoms with Crippen molar-refractivity contribution in [3.8, 4) is 0 Å². The van der Waals surface area contributed by atoms with Gasteiger partial charge in [-0.3, -0.25) is 13.5 Å². The molecule has 0 atom stereocenters. The molecule has 0 unspecified atom stereocenters. The molecule has 0 saturated heterocycles. The Labute approximate surface area is 148 Å². The lowest BCUT2D eigenvalue weighted by molar-refractivity contribution is -0.358. The van der Waals surface area contributed by atoms with E-state index in [1.165, 1.54) is 7.11 Å². The van der Waals surface area contributed by atoms with Crippen LogP contribution in [0.15, 0.2) is 0 Å². The van der Waals surface area contributed by atoms with E-state index in [1.54, 1.807) is 0 Å². The summed E-state index contributed by atoms with van der Waals surface area (Å²) < 4.78 is 144. The minimum atomic E-state index is -5.09. The Bertz CT molecular complexity index is 268. The average molecular weight is 442 g/mol. The van der Waals surface area contributed by atoms with Gasteiger partial charge < -0.3 is 9.47 Å². The van der Waals surface area contributed by atoms with Gasteiger partial charge in [0.25, 0.3) is 5.92 Å². The highest BCUT2D eigenvalue weighted by Crippen LogP contribution is 2.35. The van der Waals surface area contributed by atoms with Crippen molar-refractivity contribution in [3.05, 3.63) is 0 Å². The number of rotatable bonds is 8. The van der Waals surface area contributed by atoms with E-state index >= 15 is 0 Å². The molecule has 0 spiro atoms. The topological polar surface area (TPSA) is 27.7 Å². The molecule has 0 bridgehead atoms. The number of alkyl halides is 12. The summed E-state index contributed by atoms with van der Waals surface area (Å²) in [6.07, 6.45) is -5.09. The monoisotopic (exact) mass is 442 g/mol. The van der Waals surface area contributed by atoms with E-state index in [0.717, 1.165) is 7.11 Å². The summed E-state index contributed by atoms with van der Waals surface area (Å²) in [6, 6.07) is 0. The second-order valence-corrected chi connectivity index (χ2v) is 3.43. The van der Waals surface area contributed by atoms with Crippen LogP contribution in [-0.2, 0) is 14.2 Å². The quantitative estimate of drug-likeness (QED) is 0.490. The van der Waals surface area contributed by atoms with Crippen molar-refractivity contribution in [1.29, 1.82) is 0 Å². The Hall–Kier alpha value is -0.960. The molecule has 3 nitrogen and oxygen atoms in total. The van der Waals surface area contributed by atoms with Crippen molar-refractivity contribution in [3.63, 3.8) is 0 Å². The Morgan fingerprint density at radius 3 is 1.15 bits per heavy atom. The average Bonchev–Trinajstić information content (AvgIpc) is 2.65. The molecule has 0 amide bonds. The van der Waals surface area contributed by atoms with Gasteiger partial charge in [-0.1, -0.05) is 0 Å². The number of ether oxygens (including phenoxy) is 3. The van der Waals surface area contributed by atoms with Crippen LogP contribution >= 0.6 is 0 Å². The van der Waals surface area contributed by atoms with E-state index in [4.69, 9.17) is 0 Å². The molecule has 0 aliphatic carbocycles. The number of hydrogen-bond acceptors (Lipinski definition) is 3. The van der Waals surface area contributed by atoms with Gasteiger partial charge in [0, 0.05) is 14.2 Å². The van der Waals surface area contributed by atoms with Crippen LogP contribution in [0.25, 0.3) is 0 Å². The maximum atomic E-state index is 11.8. The second-order valence-electron chi connectivity index (χ2n) is 3.43. The van der Waals surface area contributed by atoms with Crippen LogP contribution in [-0.4, -0.2) is 80.2 Å². The molecule has 0 aromatic carbocycles. The van der Waals surface area contributed by atoms with Gasteiger partial charge in [0.2, 0.25) is 0 Å². The molecule has 0 rings (SSSR count). The van der Waals surface area contributed by atoms with E-state index in [0.29, 0.717) is 14.4 Å². The normalized spacial score (nSPS) is 10.7. The predicted octanol–water partition coefficient (Wildman–Crippen LogP) is 5.10. The number of methoxy groups -OCH3 is 2. The van der Waals surface area contributed by atoms with Crippen LogP contribution in [0.1, 0.15) is 0 Å². The fourth-order valence-corrected chi connectivity index (χ4v) is 0.502. The molecule has 0 aromatic rings. The standard InChI is InChI=1S/C4H4F6O.C4H7F3O.C2H5FO.2CH3F/c5-1-3(7,8)4(9,10)11-2-6;1-8-3-4(6,7)2-5;1-4-2-3;2*1-2/h1-2H2;2-3H2,1H3;2H2,1H3;2*1H3. The first-order valence-corrected chi connectivity index (χ1v) is 6.16. The highest BCUT2D eigenvalue weighted by Gasteiger charge is 2.58. The lowest BCUT2D eigenvalue weighted by Gasteiger charge is -2.21. The van der Waals surface area contributed by atoms with Gasteiger partial charge >= 0.3 is 12.0 Å². The third-order valence-corrected chi connectivity index (χ3v) is 1.49. The molecule has 172 valence electrons. The first kappa shape index (κ1) is 36.9. The van der Waals surface area contributed by atoms with Gasteiger partial charge in [-0.25, -0.2) is 26.3 Å². The lowest BCUT2D eigenvalue weighted by Crippen LogP contribution is -2.44. The lowest BCUT2D eigenvalue weighted by atomic mass is 10.3. The van der Waals surface area contributed by atoms with E-state index in [-0.39, 0.29) is 0 Å². The van der Waals surface area contributed by atoms with Crippen LogP contribution in [0.4, 0.5) is 52.7 Å². The molecule has 0 aliphatic heterocycles. The molecule has 0 heterocycles. The van der Waals surface area contributed by atoms with Gasteiger partial charge in [0.15, 0.2) is 27.1 Å². The van der Waals surface area contributed by atoms with Crippen molar-refractivity contribution < 1.29 is 66.9 Å². The number of hydrogen-bond donors (Lipinski definition) is 0. The molecule has 0 saturated carbocycles. The van der Waals surface area contributed by atoms with Gasteiger partial charge in [-0.05, 0) is 0 Å². The zero-order valence-electron chi connectivity index (χ0n) is 14.8. The van der Waals surface area contributed by atoms with Crippen LogP contribution in [0.5, 0.6) is 0 Å². The zero-order valence-corrected chi connectivity index (χ0v) is 14.8. The van der Waals surface area contributed by atoms with E-state index in [1.807, 2.05) is 0 Å². The van der Waals surface area contributed by atoms with Crippen molar-refractivity contribution in [2.24, 2.45) is 0 Å². The first-order chi connectivity index (χ1) is 12.4. The fraction of sp³-hybridized carbons (Fsp3) is 1.00. The molecule has 15 heteroatoms. The highest BCUT2D eigenvalue weighted by molar-refractivity contribution is 4.75. The van der Waals surface area contributed by atoms with Crippen LogP contribution in [0, 0.1) is 0 Å². The Balaban J connectivity index is -0.0000000883. The third-order valence-electron chi connectivity index (χ3n) is 1.49. The Morgan fingerprint density at radius 1 is 0.630 bits per heavy atom. The smallest absolute Gasteiger partial charge is 0.378 e. The summed E-state index contributed by atoms with van der Waals surface area (Å²) in [5.41, 5.74) is 0. The van der Waals surface area contributed by atoms with Gasteiger partial charge in [0.05, 0.1) is 14.4 Å². The van der Waals surface area contributed by atoms with Gasteiger partial charge in [-0.2, -0.15) is 17.6 Å². The van der Waals surface area contributed by atoms with Crippen molar-refractivity contribution >= 4 is 0 Å². The Morgan fingerprint density at radius 2 is 1.00 bits per heavy atom. The molecule has 27 heavy (non-hydrogen) atoms. The Kier molecular flexibility index (Phi) is 31.5. The summed E-state index contributed by atoms with van der Waals surface area (Å²) in [6.45, 7) is -7.87. The number of halogens is 12. The van der Waals surface area contributed by atoms with Gasteiger partial charge in [-0.15, -0.1) is 0 Å². The third kappa shape index (κ3) is 25.0. The van der Waals surface area contributed by atoms with Crippen molar-refractivity contribution in [1.82, 2.24) is 0 Å². The van der Waals surface area contributed by atoms with Crippen molar-refractivity contribution in [2.45, 2.75) is 18.0 Å². The summed E-state index contributed by atoms with van der Waals surface area (Å²) >= 11 is 0. The van der Waals surface area contributed by atoms with Crippen LogP contribution in [0.2, 0.25) is 0 Å². The molecule has 0 aromatic heterocycles.